The molecule has 0 aliphatic carbocycles. The van der Waals surface area contributed by atoms with Gasteiger partial charge in [0.25, 0.3) is 0 Å². The Kier molecular flexibility index (Phi) is 11.5. The van der Waals surface area contributed by atoms with Crippen molar-refractivity contribution in [3.8, 4) is 0 Å². The molecular weight excluding hydrogens is 548 g/mol. The summed E-state index contributed by atoms with van der Waals surface area (Å²) in [5, 5.41) is 11.9. The highest BCUT2D eigenvalue weighted by Crippen LogP contribution is 2.21. The van der Waals surface area contributed by atoms with Gasteiger partial charge in [0.2, 0.25) is 20.0 Å². The van der Waals surface area contributed by atoms with Gasteiger partial charge in [0, 0.05) is 48.7 Å². The molecule has 1 aliphatic rings. The van der Waals surface area contributed by atoms with Crippen molar-refractivity contribution in [2.24, 2.45) is 0 Å². The van der Waals surface area contributed by atoms with E-state index in [2.05, 4.69) is 35.0 Å². The molecule has 11 nitrogen and oxygen atoms in total. The first-order valence-electron chi connectivity index (χ1n) is 12.1. The zero-order valence-electron chi connectivity index (χ0n) is 20.4. The summed E-state index contributed by atoms with van der Waals surface area (Å²) < 4.78 is 61.1. The number of sulfonamides is 2. The minimum atomic E-state index is -3.94. The zero-order chi connectivity index (χ0) is 25.4. The van der Waals surface area contributed by atoms with Crippen LogP contribution in [0.25, 0.3) is 0 Å². The Morgan fingerprint density at radius 2 is 1.62 bits per heavy atom. The van der Waals surface area contributed by atoms with Crippen LogP contribution in [0.4, 0.5) is 0 Å². The Labute approximate surface area is 212 Å². The van der Waals surface area contributed by atoms with Gasteiger partial charge >= 0.3 is 10.2 Å². The molecule has 1 N–H and O–H groups in total. The quantitative estimate of drug-likeness (QED) is 0.243. The number of piperazine rings is 1. The van der Waals surface area contributed by atoms with Crippen LogP contribution >= 0.6 is 15.9 Å². The van der Waals surface area contributed by atoms with Gasteiger partial charge in [0.1, 0.15) is 5.37 Å². The van der Waals surface area contributed by atoms with Gasteiger partial charge in [0.15, 0.2) is 0 Å². The van der Waals surface area contributed by atoms with E-state index in [1.807, 2.05) is 0 Å². The number of aromatic nitrogens is 2. The van der Waals surface area contributed by atoms with Gasteiger partial charge in [-0.1, -0.05) is 57.2 Å². The average molecular weight is 588 g/mol. The molecule has 0 radical (unpaired) electrons. The van der Waals surface area contributed by atoms with Gasteiger partial charge in [-0.05, 0) is 25.0 Å². The maximum absolute atomic E-state index is 14.0. The van der Waals surface area contributed by atoms with Crippen molar-refractivity contribution in [1.29, 1.82) is 5.41 Å². The first kappa shape index (κ1) is 29.3. The fourth-order valence-electron chi connectivity index (χ4n) is 3.99. The topological polar surface area (TPSA) is 133 Å². The predicted octanol–water partition coefficient (Wildman–Crippen LogP) is 1.49. The molecule has 0 aromatic carbocycles. The lowest BCUT2D eigenvalue weighted by Crippen LogP contribution is -2.74. The van der Waals surface area contributed by atoms with Gasteiger partial charge in [-0.15, -0.1) is 0 Å². The summed E-state index contributed by atoms with van der Waals surface area (Å²) in [5.41, 5.74) is -0.240. The van der Waals surface area contributed by atoms with Gasteiger partial charge < -0.3 is 4.52 Å². The van der Waals surface area contributed by atoms with Crippen molar-refractivity contribution in [3.63, 3.8) is 0 Å². The van der Waals surface area contributed by atoms with Crippen molar-refractivity contribution in [2.45, 2.75) is 77.5 Å². The van der Waals surface area contributed by atoms with Crippen molar-refractivity contribution >= 4 is 36.0 Å². The maximum Gasteiger partial charge on any atom is 0.332 e. The van der Waals surface area contributed by atoms with Crippen LogP contribution in [-0.2, 0) is 20.0 Å². The summed E-state index contributed by atoms with van der Waals surface area (Å²) in [6.07, 6.45) is 7.56. The van der Waals surface area contributed by atoms with Crippen molar-refractivity contribution in [1.82, 2.24) is 13.9 Å². The number of nitrogens with one attached hydrogen (secondary N) is 1. The van der Waals surface area contributed by atoms with Crippen LogP contribution in [0.1, 0.15) is 72.1 Å². The molecule has 2 heterocycles. The van der Waals surface area contributed by atoms with Crippen molar-refractivity contribution < 1.29 is 26.1 Å². The normalized spacial score (nSPS) is 18.1. The lowest BCUT2D eigenvalue weighted by molar-refractivity contribution is -0.775. The number of nitrogens with zero attached hydrogens (tertiary/aromatic N) is 5. The Morgan fingerprint density at radius 3 is 2.09 bits per heavy atom. The monoisotopic (exact) mass is 586 g/mol. The summed E-state index contributed by atoms with van der Waals surface area (Å²) in [7, 11) is -7.51. The third kappa shape index (κ3) is 7.28. The van der Waals surface area contributed by atoms with E-state index >= 15 is 0 Å². The van der Waals surface area contributed by atoms with Crippen molar-refractivity contribution in [2.75, 3.05) is 43.5 Å². The molecule has 0 spiro atoms. The van der Waals surface area contributed by atoms with Crippen LogP contribution in [0, 0.1) is 5.41 Å². The number of halogens is 1. The largest absolute Gasteiger partial charge is 0.379 e. The summed E-state index contributed by atoms with van der Waals surface area (Å²) in [5.74, 6) is -0.102. The van der Waals surface area contributed by atoms with Gasteiger partial charge in [-0.25, -0.2) is 30.5 Å². The molecule has 0 saturated carbocycles. The lowest BCUT2D eigenvalue weighted by Gasteiger charge is -2.42. The third-order valence-electron chi connectivity index (χ3n) is 6.07. The Morgan fingerprint density at radius 1 is 1.03 bits per heavy atom. The van der Waals surface area contributed by atoms with E-state index in [9.17, 15) is 16.8 Å². The second-order valence-corrected chi connectivity index (χ2v) is 13.6. The molecule has 1 aliphatic heterocycles. The van der Waals surface area contributed by atoms with Gasteiger partial charge in [-0.2, -0.15) is 0 Å². The highest BCUT2D eigenvalue weighted by atomic mass is 79.9. The molecule has 2 rings (SSSR count). The lowest BCUT2D eigenvalue weighted by atomic mass is 10.2. The first-order chi connectivity index (χ1) is 16.1. The van der Waals surface area contributed by atoms with E-state index in [0.717, 1.165) is 51.4 Å². The Hall–Kier alpha value is -0.960. The van der Waals surface area contributed by atoms with E-state index in [0.29, 0.717) is 13.1 Å². The molecule has 0 amide bonds. The van der Waals surface area contributed by atoms with E-state index in [4.69, 9.17) is 9.93 Å². The minimum absolute atomic E-state index is 0.0951. The maximum atomic E-state index is 14.0. The summed E-state index contributed by atoms with van der Waals surface area (Å²) in [4.78, 5) is 1.22. The zero-order valence-corrected chi connectivity index (χ0v) is 23.7. The molecule has 198 valence electrons. The molecule has 1 atom stereocenters. The summed E-state index contributed by atoms with van der Waals surface area (Å²) >= 11 is 3.24. The molecule has 1 aromatic rings. The van der Waals surface area contributed by atoms with E-state index in [1.54, 1.807) is 6.92 Å². The molecule has 0 bridgehead atoms. The Balaban J connectivity index is 2.40. The Bertz CT molecular complexity index is 1010. The predicted molar refractivity (Wildman–Crippen MR) is 132 cm³/mol. The molecule has 1 aromatic heterocycles. The smallest absolute Gasteiger partial charge is 0.332 e. The number of hydrogen-bond donors (Lipinski definition) is 1. The SMILES string of the molecule is CCCCCCN(CCCCCC)S(=O)(=O)C1CN(S(=O)(=O)CC)CCN1[n+]1[n-]oc(=N)c1Br. The third-order valence-corrected chi connectivity index (χ3v) is 10.8. The fourth-order valence-corrected chi connectivity index (χ4v) is 7.50. The van der Waals surface area contributed by atoms with Crippen LogP contribution in [0.5, 0.6) is 0 Å². The van der Waals surface area contributed by atoms with Crippen LogP contribution < -0.4 is 20.6 Å². The van der Waals surface area contributed by atoms with E-state index < -0.39 is 25.4 Å². The van der Waals surface area contributed by atoms with Crippen molar-refractivity contribution in [3.05, 3.63) is 10.2 Å². The molecule has 34 heavy (non-hydrogen) atoms. The summed E-state index contributed by atoms with van der Waals surface area (Å²) in [6.45, 7) is 6.56. The van der Waals surface area contributed by atoms with E-state index in [1.165, 1.54) is 18.4 Å². The fraction of sp³-hybridized carbons (Fsp3) is 0.900. The number of hydrogen-bond acceptors (Lipinski definition) is 7. The number of unbranched alkanes of at least 4 members (excludes halogenated alkanes) is 6. The van der Waals surface area contributed by atoms with Crippen LogP contribution in [0.3, 0.4) is 0 Å². The van der Waals surface area contributed by atoms with Gasteiger partial charge in [-0.3, -0.25) is 5.41 Å². The summed E-state index contributed by atoms with van der Waals surface area (Å²) in [6, 6.07) is 0. The standard InChI is InChI=1S/C20H39BrN6O5S2/c1-4-7-9-11-13-24(14-12-10-8-5-2)34(30,31)18-17-25(33(28,29)6-3)15-16-26(18)27-19(21)20(22)32-23-27/h18,22H,4-17H2,1-3H3. The van der Waals surface area contributed by atoms with Gasteiger partial charge in [0.05, 0.1) is 5.75 Å². The first-order valence-corrected chi connectivity index (χ1v) is 16.0. The van der Waals surface area contributed by atoms with E-state index in [-0.39, 0.29) is 35.5 Å². The minimum Gasteiger partial charge on any atom is -0.379 e. The van der Waals surface area contributed by atoms with Crippen LogP contribution in [-0.4, -0.2) is 69.3 Å². The highest BCUT2D eigenvalue weighted by molar-refractivity contribution is 9.10. The second kappa shape index (κ2) is 13.4. The second-order valence-electron chi connectivity index (χ2n) is 8.52. The van der Waals surface area contributed by atoms with Crippen LogP contribution in [0.2, 0.25) is 0 Å². The average Bonchev–Trinajstić information content (AvgIpc) is 3.15. The molecular formula is C20H39BrN6O5S2. The molecule has 14 heteroatoms. The van der Waals surface area contributed by atoms with Crippen LogP contribution in [0.15, 0.2) is 9.13 Å². The highest BCUT2D eigenvalue weighted by Gasteiger charge is 2.43. The molecule has 1 fully saturated rings. The number of rotatable bonds is 15. The molecule has 1 saturated heterocycles. The molecule has 1 unspecified atom stereocenters.